The third kappa shape index (κ3) is 3.45. The predicted molar refractivity (Wildman–Crippen MR) is 79.4 cm³/mol. The van der Waals surface area contributed by atoms with Crippen molar-refractivity contribution in [1.29, 1.82) is 0 Å². The Morgan fingerprint density at radius 2 is 2.29 bits per heavy atom. The van der Waals surface area contributed by atoms with Gasteiger partial charge in [-0.1, -0.05) is 6.92 Å². The largest absolute Gasteiger partial charge is 0.477 e. The van der Waals surface area contributed by atoms with Gasteiger partial charge in [0, 0.05) is 19.7 Å². The van der Waals surface area contributed by atoms with Gasteiger partial charge in [-0.2, -0.15) is 4.31 Å². The zero-order chi connectivity index (χ0) is 15.6. The van der Waals surface area contributed by atoms with Crippen LogP contribution in [0.2, 0.25) is 0 Å². The van der Waals surface area contributed by atoms with Crippen LogP contribution in [0.3, 0.4) is 0 Å². The van der Waals surface area contributed by atoms with E-state index in [1.807, 2.05) is 0 Å². The molecule has 1 fully saturated rings. The Hall–Kier alpha value is -0.960. The molecule has 118 valence electrons. The first-order chi connectivity index (χ1) is 9.86. The van der Waals surface area contributed by atoms with Gasteiger partial charge >= 0.3 is 5.97 Å². The normalized spacial score (nSPS) is 19.3. The van der Waals surface area contributed by atoms with Crippen LogP contribution in [-0.2, 0) is 14.8 Å². The number of hydrogen-bond acceptors (Lipinski definition) is 5. The van der Waals surface area contributed by atoms with Gasteiger partial charge in [0.1, 0.15) is 9.09 Å². The molecule has 0 saturated carbocycles. The fourth-order valence-electron chi connectivity index (χ4n) is 2.33. The Bertz CT molecular complexity index is 617. The molecule has 0 spiro atoms. The number of likely N-dealkylation sites (N-methyl/N-ethyl adjacent to an activating group) is 1. The van der Waals surface area contributed by atoms with Crippen molar-refractivity contribution in [3.8, 4) is 0 Å². The summed E-state index contributed by atoms with van der Waals surface area (Å²) >= 11 is 0.806. The maximum absolute atomic E-state index is 12.6. The number of carboxylic acid groups (broad SMARTS) is 1. The third-order valence-electron chi connectivity index (χ3n) is 3.47. The van der Waals surface area contributed by atoms with E-state index >= 15 is 0 Å². The van der Waals surface area contributed by atoms with Gasteiger partial charge in [0.2, 0.25) is 0 Å². The maximum atomic E-state index is 12.6. The lowest BCUT2D eigenvalue weighted by Gasteiger charge is -2.22. The predicted octanol–water partition coefficient (Wildman–Crippen LogP) is 1.94. The molecule has 0 bridgehead atoms. The van der Waals surface area contributed by atoms with Crippen molar-refractivity contribution in [3.63, 3.8) is 0 Å². The summed E-state index contributed by atoms with van der Waals surface area (Å²) in [4.78, 5) is 11.1. The molecule has 0 radical (unpaired) electrons. The number of ether oxygens (including phenoxy) is 1. The van der Waals surface area contributed by atoms with Gasteiger partial charge in [-0.25, -0.2) is 13.2 Å². The van der Waals surface area contributed by atoms with Gasteiger partial charge in [-0.3, -0.25) is 0 Å². The summed E-state index contributed by atoms with van der Waals surface area (Å²) in [5, 5.41) is 9.05. The highest BCUT2D eigenvalue weighted by molar-refractivity contribution is 7.91. The number of sulfonamides is 1. The summed E-state index contributed by atoms with van der Waals surface area (Å²) in [6, 6.07) is 1.43. The summed E-state index contributed by atoms with van der Waals surface area (Å²) in [6.07, 6.45) is 1.74. The van der Waals surface area contributed by atoms with Crippen LogP contribution in [0.4, 0.5) is 0 Å². The van der Waals surface area contributed by atoms with Crippen molar-refractivity contribution in [3.05, 3.63) is 16.5 Å². The first-order valence-corrected chi connectivity index (χ1v) is 9.07. The summed E-state index contributed by atoms with van der Waals surface area (Å²) in [7, 11) is -3.67. The minimum atomic E-state index is -3.67. The SMILES string of the molecule is CCN(CC1CCCO1)S(=O)(=O)c1cc(C)c(C(=O)O)s1. The lowest BCUT2D eigenvalue weighted by molar-refractivity contribution is 0.0701. The molecule has 2 rings (SSSR count). The molecule has 2 heterocycles. The van der Waals surface area contributed by atoms with E-state index in [4.69, 9.17) is 9.84 Å². The third-order valence-corrected chi connectivity index (χ3v) is 7.08. The van der Waals surface area contributed by atoms with Crippen molar-refractivity contribution in [2.24, 2.45) is 0 Å². The Morgan fingerprint density at radius 3 is 2.76 bits per heavy atom. The van der Waals surface area contributed by atoms with Crippen LogP contribution < -0.4 is 0 Å². The first-order valence-electron chi connectivity index (χ1n) is 6.81. The molecule has 1 aliphatic heterocycles. The Balaban J connectivity index is 2.25. The highest BCUT2D eigenvalue weighted by atomic mass is 32.2. The fourth-order valence-corrected chi connectivity index (χ4v) is 5.35. The summed E-state index contributed by atoms with van der Waals surface area (Å²) in [5.41, 5.74) is 0.472. The second-order valence-electron chi connectivity index (χ2n) is 4.97. The summed E-state index contributed by atoms with van der Waals surface area (Å²) in [6.45, 7) is 4.70. The second kappa shape index (κ2) is 6.43. The number of carbonyl (C=O) groups is 1. The monoisotopic (exact) mass is 333 g/mol. The van der Waals surface area contributed by atoms with E-state index in [0.717, 1.165) is 24.2 Å². The molecule has 1 N–H and O–H groups in total. The van der Waals surface area contributed by atoms with Crippen LogP contribution in [0.25, 0.3) is 0 Å². The number of hydrogen-bond donors (Lipinski definition) is 1. The van der Waals surface area contributed by atoms with E-state index < -0.39 is 16.0 Å². The Labute approximate surface area is 128 Å². The number of aromatic carboxylic acids is 1. The average molecular weight is 333 g/mol. The second-order valence-corrected chi connectivity index (χ2v) is 8.19. The number of rotatable bonds is 6. The summed E-state index contributed by atoms with van der Waals surface area (Å²) < 4.78 is 32.2. The first kappa shape index (κ1) is 16.4. The van der Waals surface area contributed by atoms with Crippen LogP contribution in [0.1, 0.15) is 35.0 Å². The molecular formula is C13H19NO5S2. The lowest BCUT2D eigenvalue weighted by atomic mass is 10.2. The standard InChI is InChI=1S/C13H19NO5S2/c1-3-14(8-10-5-4-6-19-10)21(17,18)11-7-9(2)12(20-11)13(15)16/h7,10H,3-6,8H2,1-2H3,(H,15,16). The van der Waals surface area contributed by atoms with Gasteiger partial charge in [-0.05, 0) is 31.4 Å². The van der Waals surface area contributed by atoms with Crippen LogP contribution in [0.5, 0.6) is 0 Å². The smallest absolute Gasteiger partial charge is 0.346 e. The number of aryl methyl sites for hydroxylation is 1. The van der Waals surface area contributed by atoms with Gasteiger partial charge in [0.15, 0.2) is 0 Å². The van der Waals surface area contributed by atoms with Gasteiger partial charge < -0.3 is 9.84 Å². The van der Waals surface area contributed by atoms with Crippen LogP contribution >= 0.6 is 11.3 Å². The van der Waals surface area contributed by atoms with E-state index in [-0.39, 0.29) is 15.2 Å². The zero-order valence-corrected chi connectivity index (χ0v) is 13.7. The van der Waals surface area contributed by atoms with E-state index in [1.54, 1.807) is 13.8 Å². The molecule has 6 nitrogen and oxygen atoms in total. The van der Waals surface area contributed by atoms with Gasteiger partial charge in [0.05, 0.1) is 6.10 Å². The van der Waals surface area contributed by atoms with E-state index in [0.29, 0.717) is 25.3 Å². The van der Waals surface area contributed by atoms with Gasteiger partial charge in [-0.15, -0.1) is 11.3 Å². The van der Waals surface area contributed by atoms with Crippen LogP contribution in [0, 0.1) is 6.92 Å². The molecular weight excluding hydrogens is 314 g/mol. The minimum Gasteiger partial charge on any atom is -0.477 e. The van der Waals surface area contributed by atoms with Crippen molar-refractivity contribution in [2.45, 2.75) is 37.0 Å². The van der Waals surface area contributed by atoms with E-state index in [2.05, 4.69) is 0 Å². The molecule has 1 unspecified atom stereocenters. The Morgan fingerprint density at radius 1 is 1.57 bits per heavy atom. The van der Waals surface area contributed by atoms with E-state index in [1.165, 1.54) is 10.4 Å². The van der Waals surface area contributed by atoms with Crippen molar-refractivity contribution in [1.82, 2.24) is 4.31 Å². The fraction of sp³-hybridized carbons (Fsp3) is 0.615. The maximum Gasteiger partial charge on any atom is 0.346 e. The highest BCUT2D eigenvalue weighted by Gasteiger charge is 2.30. The Kier molecular flexibility index (Phi) is 5.03. The molecule has 0 amide bonds. The highest BCUT2D eigenvalue weighted by Crippen LogP contribution is 2.29. The minimum absolute atomic E-state index is 0.0697. The van der Waals surface area contributed by atoms with E-state index in [9.17, 15) is 13.2 Å². The molecule has 1 aliphatic rings. The number of carboxylic acids is 1. The molecule has 1 aromatic rings. The number of thiophene rings is 1. The molecule has 1 atom stereocenters. The quantitative estimate of drug-likeness (QED) is 0.860. The molecule has 1 aromatic heterocycles. The summed E-state index contributed by atoms with van der Waals surface area (Å²) in [5.74, 6) is -1.10. The zero-order valence-electron chi connectivity index (χ0n) is 12.0. The number of nitrogens with zero attached hydrogens (tertiary/aromatic N) is 1. The molecule has 0 aromatic carbocycles. The van der Waals surface area contributed by atoms with Crippen LogP contribution in [0.15, 0.2) is 10.3 Å². The van der Waals surface area contributed by atoms with Gasteiger partial charge in [0.25, 0.3) is 10.0 Å². The lowest BCUT2D eigenvalue weighted by Crippen LogP contribution is -2.36. The molecule has 0 aliphatic carbocycles. The molecule has 1 saturated heterocycles. The van der Waals surface area contributed by atoms with Crippen molar-refractivity contribution in [2.75, 3.05) is 19.7 Å². The molecule has 8 heteroatoms. The van der Waals surface area contributed by atoms with Crippen molar-refractivity contribution < 1.29 is 23.1 Å². The average Bonchev–Trinajstić information content (AvgIpc) is 3.04. The van der Waals surface area contributed by atoms with Crippen LogP contribution in [-0.4, -0.2) is 49.6 Å². The molecule has 21 heavy (non-hydrogen) atoms. The van der Waals surface area contributed by atoms with Crippen molar-refractivity contribution >= 4 is 27.3 Å². The topological polar surface area (TPSA) is 83.9 Å².